The molecule has 2 N–H and O–H groups in total. The van der Waals surface area contributed by atoms with E-state index in [-0.39, 0.29) is 0 Å². The summed E-state index contributed by atoms with van der Waals surface area (Å²) >= 11 is 0. The van der Waals surface area contributed by atoms with Gasteiger partial charge in [-0.2, -0.15) is 0 Å². The zero-order valence-electron chi connectivity index (χ0n) is 6.72. The van der Waals surface area contributed by atoms with Crippen LogP contribution in [-0.2, 0) is 0 Å². The Morgan fingerprint density at radius 3 is 2.11 bits per heavy atom. The minimum Gasteiger partial charge on any atom is -0.269 e. The summed E-state index contributed by atoms with van der Waals surface area (Å²) in [6.45, 7) is 4.36. The summed E-state index contributed by atoms with van der Waals surface area (Å²) in [6.07, 6.45) is 3.59. The topological polar surface area (TPSA) is 29.3 Å². The molecule has 0 aliphatic heterocycles. The van der Waals surface area contributed by atoms with Crippen molar-refractivity contribution in [1.29, 1.82) is 0 Å². The molecule has 0 aliphatic carbocycles. The van der Waals surface area contributed by atoms with Crippen LogP contribution in [-0.4, -0.2) is 18.1 Å². The fourth-order valence-electron chi connectivity index (χ4n) is 1.03. The summed E-state index contributed by atoms with van der Waals surface area (Å²) in [6, 6.07) is 0.579. The molecular weight excluding hydrogens is 112 g/mol. The zero-order valence-corrected chi connectivity index (χ0v) is 6.72. The molecule has 56 valence electrons. The summed E-state index contributed by atoms with van der Waals surface area (Å²) in [7, 11) is 1.93. The predicted molar refractivity (Wildman–Crippen MR) is 40.9 cm³/mol. The van der Waals surface area contributed by atoms with Gasteiger partial charge in [-0.05, 0) is 12.8 Å². The molecule has 2 heteroatoms. The Balaban J connectivity index is 3.41. The molecule has 0 aromatic rings. The van der Waals surface area contributed by atoms with Gasteiger partial charge in [0.05, 0.1) is 0 Å². The van der Waals surface area contributed by atoms with E-state index < -0.39 is 0 Å². The molecule has 9 heavy (non-hydrogen) atoms. The largest absolute Gasteiger partial charge is 0.269 e. The van der Waals surface area contributed by atoms with Gasteiger partial charge in [0.2, 0.25) is 0 Å². The number of nitrogens with two attached hydrogens (primary N) is 1. The molecule has 1 atom stereocenters. The third-order valence-corrected chi connectivity index (χ3v) is 1.67. The van der Waals surface area contributed by atoms with Gasteiger partial charge in [0.1, 0.15) is 0 Å². The Morgan fingerprint density at radius 2 is 2.00 bits per heavy atom. The first-order valence-corrected chi connectivity index (χ1v) is 3.69. The Bertz CT molecular complexity index is 61.9. The van der Waals surface area contributed by atoms with Crippen LogP contribution < -0.4 is 5.84 Å². The van der Waals surface area contributed by atoms with Crippen LogP contribution in [0.25, 0.3) is 0 Å². The van der Waals surface area contributed by atoms with Crippen molar-refractivity contribution in [3.63, 3.8) is 0 Å². The molecule has 0 bridgehead atoms. The molecule has 1 unspecified atom stereocenters. The molecule has 0 saturated heterocycles. The monoisotopic (exact) mass is 130 g/mol. The number of hydrogen-bond donors (Lipinski definition) is 1. The SMILES string of the molecule is CCCC(CC)N(C)N. The number of nitrogens with zero attached hydrogens (tertiary/aromatic N) is 1. The second-order valence-electron chi connectivity index (χ2n) is 2.52. The summed E-state index contributed by atoms with van der Waals surface area (Å²) in [5, 5.41) is 1.81. The van der Waals surface area contributed by atoms with Gasteiger partial charge in [-0.3, -0.25) is 5.84 Å². The lowest BCUT2D eigenvalue weighted by Crippen LogP contribution is -2.36. The van der Waals surface area contributed by atoms with E-state index in [0.29, 0.717) is 6.04 Å². The Morgan fingerprint density at radius 1 is 1.44 bits per heavy atom. The van der Waals surface area contributed by atoms with Gasteiger partial charge in [-0.25, -0.2) is 5.01 Å². The maximum Gasteiger partial charge on any atom is 0.0235 e. The van der Waals surface area contributed by atoms with Gasteiger partial charge in [0.15, 0.2) is 0 Å². The molecule has 0 aliphatic rings. The number of hydrogen-bond acceptors (Lipinski definition) is 2. The van der Waals surface area contributed by atoms with E-state index in [2.05, 4.69) is 13.8 Å². The van der Waals surface area contributed by atoms with Crippen LogP contribution in [0.4, 0.5) is 0 Å². The van der Waals surface area contributed by atoms with Crippen molar-refractivity contribution in [2.24, 2.45) is 5.84 Å². The first-order valence-electron chi connectivity index (χ1n) is 3.69. The van der Waals surface area contributed by atoms with E-state index in [1.165, 1.54) is 12.8 Å². The maximum atomic E-state index is 5.57. The van der Waals surface area contributed by atoms with Crippen LogP contribution in [0.3, 0.4) is 0 Å². The van der Waals surface area contributed by atoms with Crippen LogP contribution in [0, 0.1) is 0 Å². The highest BCUT2D eigenvalue weighted by Crippen LogP contribution is 2.04. The molecule has 0 spiro atoms. The van der Waals surface area contributed by atoms with E-state index in [1.54, 1.807) is 0 Å². The highest BCUT2D eigenvalue weighted by molar-refractivity contribution is 4.60. The lowest BCUT2D eigenvalue weighted by molar-refractivity contribution is 0.229. The summed E-state index contributed by atoms with van der Waals surface area (Å²) in [4.78, 5) is 0. The average molecular weight is 130 g/mol. The number of rotatable bonds is 4. The average Bonchev–Trinajstić information content (AvgIpc) is 1.82. The third kappa shape index (κ3) is 3.49. The first-order chi connectivity index (χ1) is 4.22. The fourth-order valence-corrected chi connectivity index (χ4v) is 1.03. The second kappa shape index (κ2) is 4.77. The van der Waals surface area contributed by atoms with Gasteiger partial charge < -0.3 is 0 Å². The van der Waals surface area contributed by atoms with Gasteiger partial charge in [-0.1, -0.05) is 20.3 Å². The van der Waals surface area contributed by atoms with Crippen molar-refractivity contribution < 1.29 is 0 Å². The third-order valence-electron chi connectivity index (χ3n) is 1.67. The van der Waals surface area contributed by atoms with Gasteiger partial charge in [-0.15, -0.1) is 0 Å². The summed E-state index contributed by atoms with van der Waals surface area (Å²) in [5.41, 5.74) is 0. The Kier molecular flexibility index (Phi) is 4.72. The van der Waals surface area contributed by atoms with E-state index in [4.69, 9.17) is 5.84 Å². The molecular formula is C7H18N2. The lowest BCUT2D eigenvalue weighted by atomic mass is 10.1. The van der Waals surface area contributed by atoms with Crippen molar-refractivity contribution in [3.8, 4) is 0 Å². The van der Waals surface area contributed by atoms with Crippen LogP contribution in [0.2, 0.25) is 0 Å². The molecule has 2 nitrogen and oxygen atoms in total. The molecule has 0 fully saturated rings. The van der Waals surface area contributed by atoms with Crippen molar-refractivity contribution in [2.75, 3.05) is 7.05 Å². The quantitative estimate of drug-likeness (QED) is 0.460. The van der Waals surface area contributed by atoms with Crippen LogP contribution in [0.1, 0.15) is 33.1 Å². The van der Waals surface area contributed by atoms with Gasteiger partial charge in [0.25, 0.3) is 0 Å². The molecule has 0 radical (unpaired) electrons. The molecule has 0 rings (SSSR count). The minimum absolute atomic E-state index is 0.579. The van der Waals surface area contributed by atoms with E-state index in [1.807, 2.05) is 12.1 Å². The van der Waals surface area contributed by atoms with Crippen molar-refractivity contribution in [2.45, 2.75) is 39.2 Å². The normalized spacial score (nSPS) is 14.3. The molecule has 0 amide bonds. The first kappa shape index (κ1) is 8.92. The highest BCUT2D eigenvalue weighted by atomic mass is 15.4. The van der Waals surface area contributed by atoms with Crippen LogP contribution >= 0.6 is 0 Å². The van der Waals surface area contributed by atoms with Crippen LogP contribution in [0.15, 0.2) is 0 Å². The van der Waals surface area contributed by atoms with E-state index in [9.17, 15) is 0 Å². The van der Waals surface area contributed by atoms with Crippen molar-refractivity contribution >= 4 is 0 Å². The molecule has 0 aromatic heterocycles. The second-order valence-corrected chi connectivity index (χ2v) is 2.52. The molecule has 0 aromatic carbocycles. The van der Waals surface area contributed by atoms with Crippen molar-refractivity contribution in [1.82, 2.24) is 5.01 Å². The van der Waals surface area contributed by atoms with Crippen molar-refractivity contribution in [3.05, 3.63) is 0 Å². The maximum absolute atomic E-state index is 5.57. The summed E-state index contributed by atoms with van der Waals surface area (Å²) in [5.74, 6) is 5.57. The summed E-state index contributed by atoms with van der Waals surface area (Å²) < 4.78 is 0. The fraction of sp³-hybridized carbons (Fsp3) is 1.00. The standard InChI is InChI=1S/C7H18N2/c1-4-6-7(5-2)9(3)8/h7H,4-6,8H2,1-3H3. The molecule has 0 saturated carbocycles. The molecule has 0 heterocycles. The van der Waals surface area contributed by atoms with Gasteiger partial charge in [0, 0.05) is 13.1 Å². The minimum atomic E-state index is 0.579. The van der Waals surface area contributed by atoms with E-state index in [0.717, 1.165) is 6.42 Å². The lowest BCUT2D eigenvalue weighted by Gasteiger charge is -2.21. The Labute approximate surface area is 58.0 Å². The number of hydrazine groups is 1. The van der Waals surface area contributed by atoms with Gasteiger partial charge >= 0.3 is 0 Å². The predicted octanol–water partition coefficient (Wildman–Crippen LogP) is 1.37. The van der Waals surface area contributed by atoms with Crippen LogP contribution in [0.5, 0.6) is 0 Å². The Hall–Kier alpha value is -0.0800. The zero-order chi connectivity index (χ0) is 7.28. The van der Waals surface area contributed by atoms with E-state index >= 15 is 0 Å². The smallest absolute Gasteiger partial charge is 0.0235 e. The highest BCUT2D eigenvalue weighted by Gasteiger charge is 2.05.